The second-order valence-electron chi connectivity index (χ2n) is 4.47. The van der Waals surface area contributed by atoms with Crippen LogP contribution in [0.25, 0.3) is 0 Å². The number of amidine groups is 1. The molecule has 3 nitrogen and oxygen atoms in total. The molecule has 2 aliphatic rings. The summed E-state index contributed by atoms with van der Waals surface area (Å²) in [6, 6.07) is 9.13. The van der Waals surface area contributed by atoms with Gasteiger partial charge < -0.3 is 10.6 Å². The molecule has 3 rings (SSSR count). The fourth-order valence-corrected chi connectivity index (χ4v) is 1.98. The average Bonchev–Trinajstić information content (AvgIpc) is 3.15. The van der Waals surface area contributed by atoms with E-state index in [0.29, 0.717) is 6.04 Å². The number of nitrogens with one attached hydrogen (secondary N) is 2. The van der Waals surface area contributed by atoms with Crippen molar-refractivity contribution in [2.75, 3.05) is 18.4 Å². The molecule has 1 saturated carbocycles. The van der Waals surface area contributed by atoms with Gasteiger partial charge in [-0.3, -0.25) is 4.99 Å². The van der Waals surface area contributed by atoms with Crippen LogP contribution in [-0.2, 0) is 0 Å². The van der Waals surface area contributed by atoms with Gasteiger partial charge in [-0.1, -0.05) is 12.1 Å². The Bertz CT molecular complexity index is 407. The van der Waals surface area contributed by atoms with Crippen molar-refractivity contribution in [3.05, 3.63) is 29.8 Å². The first-order valence-corrected chi connectivity index (χ1v) is 6.08. The zero-order chi connectivity index (χ0) is 10.8. The molecule has 1 aliphatic heterocycles. The molecule has 0 aromatic heterocycles. The standard InChI is InChI=1S/C13H17N3/c1-2-5-12(16-10-6-7-10)11(4-1)13-14-8-3-9-15-13/h1-2,4-5,10,16H,3,6-9H2,(H,14,15). The van der Waals surface area contributed by atoms with Crippen molar-refractivity contribution in [2.24, 2.45) is 4.99 Å². The second-order valence-corrected chi connectivity index (χ2v) is 4.47. The second kappa shape index (κ2) is 4.16. The number of benzene rings is 1. The van der Waals surface area contributed by atoms with Crippen LogP contribution >= 0.6 is 0 Å². The van der Waals surface area contributed by atoms with Gasteiger partial charge in [0.2, 0.25) is 0 Å². The minimum Gasteiger partial charge on any atom is -0.382 e. The van der Waals surface area contributed by atoms with Gasteiger partial charge in [-0.2, -0.15) is 0 Å². The molecule has 0 unspecified atom stereocenters. The van der Waals surface area contributed by atoms with Crippen LogP contribution in [0.1, 0.15) is 24.8 Å². The lowest BCUT2D eigenvalue weighted by molar-refractivity contribution is 0.742. The van der Waals surface area contributed by atoms with E-state index in [0.717, 1.165) is 25.3 Å². The highest BCUT2D eigenvalue weighted by atomic mass is 15.0. The SMILES string of the molecule is c1ccc(C2=NCCCN2)c(NC2CC2)c1. The molecule has 0 amide bonds. The van der Waals surface area contributed by atoms with Crippen LogP contribution in [0.3, 0.4) is 0 Å². The Hall–Kier alpha value is -1.51. The third kappa shape index (κ3) is 2.03. The summed E-state index contributed by atoms with van der Waals surface area (Å²) in [5.74, 6) is 1.05. The fraction of sp³-hybridized carbons (Fsp3) is 0.462. The third-order valence-electron chi connectivity index (χ3n) is 3.02. The maximum absolute atomic E-state index is 4.55. The third-order valence-corrected chi connectivity index (χ3v) is 3.02. The minimum absolute atomic E-state index is 0.686. The first kappa shape index (κ1) is 9.70. The van der Waals surface area contributed by atoms with Crippen molar-refractivity contribution in [1.82, 2.24) is 5.32 Å². The Kier molecular flexibility index (Phi) is 2.52. The summed E-state index contributed by atoms with van der Waals surface area (Å²) in [7, 11) is 0. The Morgan fingerprint density at radius 1 is 1.25 bits per heavy atom. The summed E-state index contributed by atoms with van der Waals surface area (Å²) in [5, 5.41) is 6.94. The van der Waals surface area contributed by atoms with Gasteiger partial charge in [-0.25, -0.2) is 0 Å². The highest BCUT2D eigenvalue weighted by Crippen LogP contribution is 2.26. The average molecular weight is 215 g/mol. The Labute approximate surface area is 96.0 Å². The van der Waals surface area contributed by atoms with Crippen LogP contribution in [-0.4, -0.2) is 25.0 Å². The predicted molar refractivity (Wildman–Crippen MR) is 67.1 cm³/mol. The molecule has 1 fully saturated rings. The molecule has 0 radical (unpaired) electrons. The van der Waals surface area contributed by atoms with Crippen LogP contribution in [0.5, 0.6) is 0 Å². The van der Waals surface area contributed by atoms with E-state index < -0.39 is 0 Å². The van der Waals surface area contributed by atoms with Crippen LogP contribution in [0.2, 0.25) is 0 Å². The number of para-hydroxylation sites is 1. The minimum atomic E-state index is 0.686. The molecule has 84 valence electrons. The van der Waals surface area contributed by atoms with Crippen molar-refractivity contribution in [1.29, 1.82) is 0 Å². The maximum atomic E-state index is 4.55. The van der Waals surface area contributed by atoms with Crippen molar-refractivity contribution >= 4 is 11.5 Å². The van der Waals surface area contributed by atoms with Gasteiger partial charge >= 0.3 is 0 Å². The smallest absolute Gasteiger partial charge is 0.130 e. The van der Waals surface area contributed by atoms with Crippen molar-refractivity contribution in [3.63, 3.8) is 0 Å². The van der Waals surface area contributed by atoms with Gasteiger partial charge in [0.1, 0.15) is 5.84 Å². The summed E-state index contributed by atoms with van der Waals surface area (Å²) >= 11 is 0. The van der Waals surface area contributed by atoms with Crippen molar-refractivity contribution in [2.45, 2.75) is 25.3 Å². The van der Waals surface area contributed by atoms with Gasteiger partial charge in [0.15, 0.2) is 0 Å². The summed E-state index contributed by atoms with van der Waals surface area (Å²) in [5.41, 5.74) is 2.44. The van der Waals surface area contributed by atoms with Crippen LogP contribution < -0.4 is 10.6 Å². The Morgan fingerprint density at radius 2 is 2.12 bits per heavy atom. The monoisotopic (exact) mass is 215 g/mol. The molecule has 0 atom stereocenters. The predicted octanol–water partition coefficient (Wildman–Crippen LogP) is 2.00. The quantitative estimate of drug-likeness (QED) is 0.809. The summed E-state index contributed by atoms with van der Waals surface area (Å²) in [6.07, 6.45) is 3.74. The van der Waals surface area contributed by atoms with E-state index in [1.54, 1.807) is 0 Å². The normalized spacial score (nSPS) is 19.9. The van der Waals surface area contributed by atoms with E-state index >= 15 is 0 Å². The van der Waals surface area contributed by atoms with Gasteiger partial charge in [-0.15, -0.1) is 0 Å². The first-order valence-electron chi connectivity index (χ1n) is 6.08. The Morgan fingerprint density at radius 3 is 2.88 bits per heavy atom. The van der Waals surface area contributed by atoms with Crippen LogP contribution in [0.4, 0.5) is 5.69 Å². The first-order chi connectivity index (χ1) is 7.93. The largest absolute Gasteiger partial charge is 0.382 e. The number of aliphatic imine (C=N–C) groups is 1. The van der Waals surface area contributed by atoms with E-state index in [2.05, 4.69) is 39.9 Å². The number of nitrogens with zero attached hydrogens (tertiary/aromatic N) is 1. The zero-order valence-electron chi connectivity index (χ0n) is 9.37. The molecule has 1 aliphatic carbocycles. The number of hydrogen-bond acceptors (Lipinski definition) is 3. The van der Waals surface area contributed by atoms with Gasteiger partial charge in [0.05, 0.1) is 0 Å². The summed E-state index contributed by atoms with van der Waals surface area (Å²) < 4.78 is 0. The van der Waals surface area contributed by atoms with E-state index in [9.17, 15) is 0 Å². The highest BCUT2D eigenvalue weighted by Gasteiger charge is 2.22. The van der Waals surface area contributed by atoms with E-state index in [-0.39, 0.29) is 0 Å². The molecule has 1 aromatic carbocycles. The molecular weight excluding hydrogens is 198 g/mol. The zero-order valence-corrected chi connectivity index (χ0v) is 9.37. The fourth-order valence-electron chi connectivity index (χ4n) is 1.98. The summed E-state index contributed by atoms with van der Waals surface area (Å²) in [6.45, 7) is 1.98. The molecule has 0 spiro atoms. The van der Waals surface area contributed by atoms with E-state index in [1.165, 1.54) is 24.1 Å². The number of anilines is 1. The maximum Gasteiger partial charge on any atom is 0.130 e. The van der Waals surface area contributed by atoms with Crippen molar-refractivity contribution in [3.8, 4) is 0 Å². The van der Waals surface area contributed by atoms with Crippen LogP contribution in [0, 0.1) is 0 Å². The summed E-state index contributed by atoms with van der Waals surface area (Å²) in [4.78, 5) is 4.55. The molecule has 3 heteroatoms. The van der Waals surface area contributed by atoms with E-state index in [1.807, 2.05) is 0 Å². The molecule has 2 N–H and O–H groups in total. The Balaban J connectivity index is 1.88. The lowest BCUT2D eigenvalue weighted by atomic mass is 10.1. The molecule has 1 aromatic rings. The van der Waals surface area contributed by atoms with Gasteiger partial charge in [-0.05, 0) is 31.4 Å². The highest BCUT2D eigenvalue weighted by molar-refractivity contribution is 6.03. The lowest BCUT2D eigenvalue weighted by Gasteiger charge is -2.18. The topological polar surface area (TPSA) is 36.4 Å². The van der Waals surface area contributed by atoms with Crippen molar-refractivity contribution < 1.29 is 0 Å². The molecular formula is C13H17N3. The molecule has 0 bridgehead atoms. The number of hydrogen-bond donors (Lipinski definition) is 2. The van der Waals surface area contributed by atoms with Crippen LogP contribution in [0.15, 0.2) is 29.3 Å². The number of rotatable bonds is 3. The lowest BCUT2D eigenvalue weighted by Crippen LogP contribution is -2.30. The van der Waals surface area contributed by atoms with Gasteiger partial charge in [0, 0.05) is 30.4 Å². The molecule has 16 heavy (non-hydrogen) atoms. The molecule has 0 saturated heterocycles. The van der Waals surface area contributed by atoms with E-state index in [4.69, 9.17) is 0 Å². The van der Waals surface area contributed by atoms with Gasteiger partial charge in [0.25, 0.3) is 0 Å². The molecule has 1 heterocycles.